The lowest BCUT2D eigenvalue weighted by Crippen LogP contribution is -2.00. The molecule has 0 saturated heterocycles. The van der Waals surface area contributed by atoms with E-state index in [0.29, 0.717) is 5.56 Å². The van der Waals surface area contributed by atoms with Crippen molar-refractivity contribution in [1.82, 2.24) is 0 Å². The van der Waals surface area contributed by atoms with Gasteiger partial charge in [0.15, 0.2) is 0 Å². The molecule has 0 bridgehead atoms. The Morgan fingerprint density at radius 1 is 1.25 bits per heavy atom. The standard InChI is InChI=1S/C16H14ClFO2/c17-16-10(3-1-5-13(16)18)9-20-15-6-2-4-11-12(15)7-8-14(11)19/h1-6,14,19H,7-9H2. The maximum atomic E-state index is 13.4. The smallest absolute Gasteiger partial charge is 0.142 e. The molecule has 0 spiro atoms. The molecule has 0 heterocycles. The lowest BCUT2D eigenvalue weighted by Gasteiger charge is -2.12. The minimum absolute atomic E-state index is 0.0973. The Labute approximate surface area is 121 Å². The number of rotatable bonds is 3. The average molecular weight is 293 g/mol. The molecule has 2 aromatic carbocycles. The third-order valence-electron chi connectivity index (χ3n) is 3.61. The van der Waals surface area contributed by atoms with Gasteiger partial charge < -0.3 is 9.84 Å². The monoisotopic (exact) mass is 292 g/mol. The van der Waals surface area contributed by atoms with E-state index in [9.17, 15) is 9.50 Å². The highest BCUT2D eigenvalue weighted by atomic mass is 35.5. The lowest BCUT2D eigenvalue weighted by molar-refractivity contribution is 0.180. The van der Waals surface area contributed by atoms with Crippen LogP contribution in [0.15, 0.2) is 36.4 Å². The Bertz CT molecular complexity index is 642. The largest absolute Gasteiger partial charge is 0.489 e. The lowest BCUT2D eigenvalue weighted by atomic mass is 10.1. The van der Waals surface area contributed by atoms with E-state index in [1.54, 1.807) is 12.1 Å². The molecule has 1 N–H and O–H groups in total. The zero-order valence-corrected chi connectivity index (χ0v) is 11.5. The van der Waals surface area contributed by atoms with Gasteiger partial charge in [0.25, 0.3) is 0 Å². The first-order chi connectivity index (χ1) is 9.66. The van der Waals surface area contributed by atoms with Crippen LogP contribution in [0, 0.1) is 5.82 Å². The van der Waals surface area contributed by atoms with Crippen molar-refractivity contribution in [1.29, 1.82) is 0 Å². The molecule has 1 aliphatic carbocycles. The summed E-state index contributed by atoms with van der Waals surface area (Å²) in [7, 11) is 0. The minimum Gasteiger partial charge on any atom is -0.489 e. The van der Waals surface area contributed by atoms with Gasteiger partial charge in [-0.2, -0.15) is 0 Å². The van der Waals surface area contributed by atoms with E-state index in [2.05, 4.69) is 0 Å². The molecule has 104 valence electrons. The summed E-state index contributed by atoms with van der Waals surface area (Å²) in [5, 5.41) is 9.94. The van der Waals surface area contributed by atoms with Crippen LogP contribution in [-0.2, 0) is 13.0 Å². The molecule has 0 aliphatic heterocycles. The number of aliphatic hydroxyl groups excluding tert-OH is 1. The summed E-state index contributed by atoms with van der Waals surface area (Å²) in [4.78, 5) is 0. The Morgan fingerprint density at radius 3 is 2.90 bits per heavy atom. The SMILES string of the molecule is OC1CCc2c(OCc3cccc(F)c3Cl)cccc21. The van der Waals surface area contributed by atoms with Gasteiger partial charge in [0, 0.05) is 11.1 Å². The quantitative estimate of drug-likeness (QED) is 0.925. The molecular weight excluding hydrogens is 279 g/mol. The van der Waals surface area contributed by atoms with Crippen LogP contribution < -0.4 is 4.74 Å². The van der Waals surface area contributed by atoms with Gasteiger partial charge in [0.2, 0.25) is 0 Å². The van der Waals surface area contributed by atoms with Gasteiger partial charge in [0.1, 0.15) is 18.2 Å². The van der Waals surface area contributed by atoms with Crippen molar-refractivity contribution in [2.75, 3.05) is 0 Å². The number of aliphatic hydroxyl groups is 1. The van der Waals surface area contributed by atoms with Crippen LogP contribution in [-0.4, -0.2) is 5.11 Å². The Morgan fingerprint density at radius 2 is 2.05 bits per heavy atom. The normalized spacial score (nSPS) is 17.1. The summed E-state index contributed by atoms with van der Waals surface area (Å²) in [5.74, 6) is 0.292. The molecule has 1 atom stereocenters. The molecule has 20 heavy (non-hydrogen) atoms. The summed E-state index contributed by atoms with van der Waals surface area (Å²) in [6.45, 7) is 0.211. The fraction of sp³-hybridized carbons (Fsp3) is 0.250. The van der Waals surface area contributed by atoms with Crippen LogP contribution in [0.2, 0.25) is 5.02 Å². The average Bonchev–Trinajstić information content (AvgIpc) is 2.83. The van der Waals surface area contributed by atoms with E-state index >= 15 is 0 Å². The molecule has 0 radical (unpaired) electrons. The van der Waals surface area contributed by atoms with Gasteiger partial charge in [-0.1, -0.05) is 35.9 Å². The number of hydrogen-bond acceptors (Lipinski definition) is 2. The van der Waals surface area contributed by atoms with Gasteiger partial charge in [0.05, 0.1) is 11.1 Å². The predicted molar refractivity (Wildman–Crippen MR) is 75.5 cm³/mol. The summed E-state index contributed by atoms with van der Waals surface area (Å²) in [6.07, 6.45) is 1.10. The van der Waals surface area contributed by atoms with Crippen molar-refractivity contribution in [3.8, 4) is 5.75 Å². The summed E-state index contributed by atoms with van der Waals surface area (Å²) >= 11 is 5.90. The highest BCUT2D eigenvalue weighted by Gasteiger charge is 2.23. The Hall–Kier alpha value is -1.58. The highest BCUT2D eigenvalue weighted by molar-refractivity contribution is 6.31. The summed E-state index contributed by atoms with van der Waals surface area (Å²) < 4.78 is 19.1. The molecule has 0 fully saturated rings. The number of fused-ring (bicyclic) bond motifs is 1. The second-order valence-corrected chi connectivity index (χ2v) is 5.26. The number of ether oxygens (including phenoxy) is 1. The Balaban J connectivity index is 1.81. The van der Waals surface area contributed by atoms with E-state index in [4.69, 9.17) is 16.3 Å². The zero-order valence-electron chi connectivity index (χ0n) is 10.8. The fourth-order valence-corrected chi connectivity index (χ4v) is 2.73. The first-order valence-electron chi connectivity index (χ1n) is 6.52. The van der Waals surface area contributed by atoms with Crippen molar-refractivity contribution < 1.29 is 14.2 Å². The molecule has 2 aromatic rings. The number of hydrogen-bond donors (Lipinski definition) is 1. The van der Waals surface area contributed by atoms with Crippen molar-refractivity contribution in [3.63, 3.8) is 0 Å². The molecule has 1 unspecified atom stereocenters. The maximum absolute atomic E-state index is 13.4. The first-order valence-corrected chi connectivity index (χ1v) is 6.90. The molecule has 3 rings (SSSR count). The maximum Gasteiger partial charge on any atom is 0.142 e. The molecular formula is C16H14ClFO2. The van der Waals surface area contributed by atoms with E-state index in [-0.39, 0.29) is 11.6 Å². The van der Waals surface area contributed by atoms with Gasteiger partial charge in [-0.25, -0.2) is 4.39 Å². The predicted octanol–water partition coefficient (Wildman–Crippen LogP) is 4.04. The molecule has 1 aliphatic rings. The van der Waals surface area contributed by atoms with Crippen molar-refractivity contribution >= 4 is 11.6 Å². The highest BCUT2D eigenvalue weighted by Crippen LogP contribution is 2.37. The van der Waals surface area contributed by atoms with Crippen LogP contribution in [0.1, 0.15) is 29.2 Å². The molecule has 4 heteroatoms. The number of benzene rings is 2. The second kappa shape index (κ2) is 5.43. The van der Waals surface area contributed by atoms with Gasteiger partial charge >= 0.3 is 0 Å². The third kappa shape index (κ3) is 2.39. The van der Waals surface area contributed by atoms with E-state index in [1.165, 1.54) is 6.07 Å². The molecule has 0 aromatic heterocycles. The van der Waals surface area contributed by atoms with E-state index in [0.717, 1.165) is 29.7 Å². The second-order valence-electron chi connectivity index (χ2n) is 4.88. The topological polar surface area (TPSA) is 29.5 Å². The Kier molecular flexibility index (Phi) is 3.64. The molecule has 0 amide bonds. The van der Waals surface area contributed by atoms with Gasteiger partial charge in [-0.05, 0) is 30.5 Å². The van der Waals surface area contributed by atoms with E-state index in [1.807, 2.05) is 18.2 Å². The van der Waals surface area contributed by atoms with E-state index < -0.39 is 11.9 Å². The summed E-state index contributed by atoms with van der Waals surface area (Å²) in [6, 6.07) is 10.3. The zero-order chi connectivity index (χ0) is 14.1. The van der Waals surface area contributed by atoms with Gasteiger partial charge in [-0.15, -0.1) is 0 Å². The fourth-order valence-electron chi connectivity index (χ4n) is 2.55. The van der Waals surface area contributed by atoms with Crippen LogP contribution >= 0.6 is 11.6 Å². The van der Waals surface area contributed by atoms with Crippen molar-refractivity contribution in [2.24, 2.45) is 0 Å². The van der Waals surface area contributed by atoms with Gasteiger partial charge in [-0.3, -0.25) is 0 Å². The van der Waals surface area contributed by atoms with Crippen LogP contribution in [0.25, 0.3) is 0 Å². The minimum atomic E-state index is -0.443. The van der Waals surface area contributed by atoms with Crippen LogP contribution in [0.4, 0.5) is 4.39 Å². The number of halogens is 2. The summed E-state index contributed by atoms with van der Waals surface area (Å²) in [5.41, 5.74) is 2.57. The molecule has 0 saturated carbocycles. The molecule has 2 nitrogen and oxygen atoms in total. The first kappa shape index (κ1) is 13.4. The van der Waals surface area contributed by atoms with Crippen molar-refractivity contribution in [3.05, 3.63) is 63.9 Å². The van der Waals surface area contributed by atoms with Crippen LogP contribution in [0.3, 0.4) is 0 Å². The third-order valence-corrected chi connectivity index (χ3v) is 4.03. The van der Waals surface area contributed by atoms with Crippen LogP contribution in [0.5, 0.6) is 5.75 Å². The van der Waals surface area contributed by atoms with Crippen molar-refractivity contribution in [2.45, 2.75) is 25.6 Å².